The second-order valence-electron chi connectivity index (χ2n) is 4.03. The van der Waals surface area contributed by atoms with Crippen molar-refractivity contribution in [1.29, 1.82) is 0 Å². The van der Waals surface area contributed by atoms with Crippen LogP contribution >= 0.6 is 0 Å². The highest BCUT2D eigenvalue weighted by Gasteiger charge is 2.33. The van der Waals surface area contributed by atoms with Crippen molar-refractivity contribution in [3.05, 3.63) is 35.4 Å². The van der Waals surface area contributed by atoms with E-state index >= 15 is 0 Å². The van der Waals surface area contributed by atoms with Crippen LogP contribution in [0.1, 0.15) is 17.5 Å². The highest BCUT2D eigenvalue weighted by Crippen LogP contribution is 2.32. The van der Waals surface area contributed by atoms with E-state index in [0.29, 0.717) is 6.61 Å². The molecule has 1 aliphatic rings. The molecular formula is C12H14F3NO. The number of rotatable bonds is 2. The van der Waals surface area contributed by atoms with Gasteiger partial charge in [-0.05, 0) is 24.6 Å². The zero-order valence-electron chi connectivity index (χ0n) is 9.26. The van der Waals surface area contributed by atoms with E-state index in [1.165, 1.54) is 12.1 Å². The van der Waals surface area contributed by atoms with Crippen LogP contribution in [0.5, 0.6) is 0 Å². The van der Waals surface area contributed by atoms with Gasteiger partial charge >= 0.3 is 6.18 Å². The van der Waals surface area contributed by atoms with Crippen molar-refractivity contribution in [2.24, 2.45) is 0 Å². The van der Waals surface area contributed by atoms with Crippen LogP contribution in [0.25, 0.3) is 0 Å². The van der Waals surface area contributed by atoms with Crippen molar-refractivity contribution in [1.82, 2.24) is 5.32 Å². The number of hydrogen-bond acceptors (Lipinski definition) is 2. The van der Waals surface area contributed by atoms with E-state index < -0.39 is 11.7 Å². The molecule has 1 N–H and O–H groups in total. The van der Waals surface area contributed by atoms with Crippen LogP contribution in [0.15, 0.2) is 24.3 Å². The Morgan fingerprint density at radius 2 is 2.06 bits per heavy atom. The highest BCUT2D eigenvalue weighted by atomic mass is 19.4. The number of alkyl halides is 3. The number of nitrogens with one attached hydrogen (secondary N) is 1. The summed E-state index contributed by atoms with van der Waals surface area (Å²) in [5, 5.41) is 3.06. The fourth-order valence-electron chi connectivity index (χ4n) is 1.93. The fraction of sp³-hybridized carbons (Fsp3) is 0.500. The summed E-state index contributed by atoms with van der Waals surface area (Å²) in [6.07, 6.45) is -3.47. The average Bonchev–Trinajstić information content (AvgIpc) is 2.30. The minimum absolute atomic E-state index is 0.246. The van der Waals surface area contributed by atoms with E-state index in [1.807, 2.05) is 0 Å². The van der Waals surface area contributed by atoms with Crippen LogP contribution in [0.2, 0.25) is 0 Å². The first kappa shape index (κ1) is 12.4. The van der Waals surface area contributed by atoms with Crippen molar-refractivity contribution in [2.45, 2.75) is 25.2 Å². The van der Waals surface area contributed by atoms with E-state index in [2.05, 4.69) is 5.32 Å². The predicted octanol–water partition coefficient (Wildman–Crippen LogP) is 2.58. The molecule has 1 aliphatic heterocycles. The zero-order valence-corrected chi connectivity index (χ0v) is 9.26. The third-order valence-electron chi connectivity index (χ3n) is 2.74. The van der Waals surface area contributed by atoms with Gasteiger partial charge in [0.2, 0.25) is 0 Å². The van der Waals surface area contributed by atoms with Crippen LogP contribution < -0.4 is 5.32 Å². The van der Waals surface area contributed by atoms with Crippen molar-refractivity contribution in [3.8, 4) is 0 Å². The molecule has 0 saturated carbocycles. The molecule has 0 radical (unpaired) electrons. The minimum atomic E-state index is -4.30. The summed E-state index contributed by atoms with van der Waals surface area (Å²) in [7, 11) is 0. The lowest BCUT2D eigenvalue weighted by Gasteiger charge is -2.25. The lowest BCUT2D eigenvalue weighted by molar-refractivity contribution is -0.138. The maximum atomic E-state index is 12.7. The fourth-order valence-corrected chi connectivity index (χ4v) is 1.93. The van der Waals surface area contributed by atoms with Gasteiger partial charge in [-0.2, -0.15) is 13.2 Å². The molecule has 94 valence electrons. The first-order chi connectivity index (χ1) is 8.07. The van der Waals surface area contributed by atoms with Gasteiger partial charge < -0.3 is 4.74 Å². The van der Waals surface area contributed by atoms with E-state index in [-0.39, 0.29) is 18.2 Å². The van der Waals surface area contributed by atoms with Gasteiger partial charge in [-0.1, -0.05) is 18.2 Å². The van der Waals surface area contributed by atoms with Crippen molar-refractivity contribution >= 4 is 0 Å². The van der Waals surface area contributed by atoms with Gasteiger partial charge in [-0.15, -0.1) is 0 Å². The molecule has 0 aliphatic carbocycles. The topological polar surface area (TPSA) is 21.3 Å². The quantitative estimate of drug-likeness (QED) is 0.864. The summed E-state index contributed by atoms with van der Waals surface area (Å²) in [6.45, 7) is 1.39. The van der Waals surface area contributed by atoms with E-state index in [1.54, 1.807) is 6.07 Å². The lowest BCUT2D eigenvalue weighted by atomic mass is 10.0. The third-order valence-corrected chi connectivity index (χ3v) is 2.74. The maximum Gasteiger partial charge on any atom is 0.416 e. The first-order valence-electron chi connectivity index (χ1n) is 5.57. The molecule has 1 aromatic rings. The maximum absolute atomic E-state index is 12.7. The number of benzene rings is 1. The van der Waals surface area contributed by atoms with Crippen molar-refractivity contribution < 1.29 is 17.9 Å². The number of ether oxygens (including phenoxy) is 1. The van der Waals surface area contributed by atoms with E-state index in [9.17, 15) is 13.2 Å². The molecule has 0 bridgehead atoms. The van der Waals surface area contributed by atoms with Crippen LogP contribution in [0.3, 0.4) is 0 Å². The molecule has 1 atom stereocenters. The molecule has 2 rings (SSSR count). The summed E-state index contributed by atoms with van der Waals surface area (Å²) in [5.41, 5.74) is -0.296. The Kier molecular flexibility index (Phi) is 3.69. The summed E-state index contributed by atoms with van der Waals surface area (Å²) < 4.78 is 43.6. The Bertz CT molecular complexity index is 372. The van der Waals surface area contributed by atoms with E-state index in [4.69, 9.17) is 4.74 Å². The van der Waals surface area contributed by atoms with Crippen LogP contribution in [0.4, 0.5) is 13.2 Å². The van der Waals surface area contributed by atoms with Gasteiger partial charge in [0.05, 0.1) is 5.56 Å². The average molecular weight is 245 g/mol. The molecule has 1 saturated heterocycles. The summed E-state index contributed by atoms with van der Waals surface area (Å²) in [6, 6.07) is 5.63. The first-order valence-corrected chi connectivity index (χ1v) is 5.57. The summed E-state index contributed by atoms with van der Waals surface area (Å²) in [4.78, 5) is 0. The number of halogens is 3. The Labute approximate surface area is 97.8 Å². The van der Waals surface area contributed by atoms with Gasteiger partial charge in [0.15, 0.2) is 0 Å². The molecule has 2 nitrogen and oxygen atoms in total. The van der Waals surface area contributed by atoms with Gasteiger partial charge in [-0.3, -0.25) is 5.32 Å². The molecule has 1 unspecified atom stereocenters. The van der Waals surface area contributed by atoms with Gasteiger partial charge in [0.25, 0.3) is 0 Å². The molecule has 1 fully saturated rings. The molecule has 17 heavy (non-hydrogen) atoms. The molecule has 1 aromatic carbocycles. The Morgan fingerprint density at radius 1 is 1.29 bits per heavy atom. The molecular weight excluding hydrogens is 231 g/mol. The third kappa shape index (κ3) is 3.20. The van der Waals surface area contributed by atoms with E-state index in [0.717, 1.165) is 19.0 Å². The highest BCUT2D eigenvalue weighted by molar-refractivity contribution is 5.30. The standard InChI is InChI=1S/C12H14F3NO/c13-12(14,15)10-5-2-1-4-9(10)8-11-16-6-3-7-17-11/h1-2,4-5,11,16H,3,6-8H2. The number of hydrogen-bond donors (Lipinski definition) is 1. The minimum Gasteiger partial charge on any atom is -0.363 e. The lowest BCUT2D eigenvalue weighted by Crippen LogP contribution is -2.39. The summed E-state index contributed by atoms with van der Waals surface area (Å²) >= 11 is 0. The molecule has 0 spiro atoms. The predicted molar refractivity (Wildman–Crippen MR) is 57.5 cm³/mol. The Morgan fingerprint density at radius 3 is 2.71 bits per heavy atom. The van der Waals surface area contributed by atoms with Gasteiger partial charge in [-0.25, -0.2) is 0 Å². The Hall–Kier alpha value is -1.07. The SMILES string of the molecule is FC(F)(F)c1ccccc1CC1NCCCO1. The molecule has 0 aromatic heterocycles. The van der Waals surface area contributed by atoms with Crippen LogP contribution in [0, 0.1) is 0 Å². The summed E-state index contributed by atoms with van der Waals surface area (Å²) in [5.74, 6) is 0. The second-order valence-corrected chi connectivity index (χ2v) is 4.03. The van der Waals surface area contributed by atoms with Crippen molar-refractivity contribution in [3.63, 3.8) is 0 Å². The monoisotopic (exact) mass is 245 g/mol. The molecule has 5 heteroatoms. The van der Waals surface area contributed by atoms with Gasteiger partial charge in [0.1, 0.15) is 6.23 Å². The van der Waals surface area contributed by atoms with Crippen LogP contribution in [-0.2, 0) is 17.3 Å². The molecule has 0 amide bonds. The second kappa shape index (κ2) is 5.06. The normalized spacial score (nSPS) is 21.5. The van der Waals surface area contributed by atoms with Crippen molar-refractivity contribution in [2.75, 3.05) is 13.2 Å². The van der Waals surface area contributed by atoms with Crippen LogP contribution in [-0.4, -0.2) is 19.4 Å². The Balaban J connectivity index is 2.14. The zero-order chi connectivity index (χ0) is 12.3. The van der Waals surface area contributed by atoms with Gasteiger partial charge in [0, 0.05) is 13.0 Å². The molecule has 1 heterocycles. The largest absolute Gasteiger partial charge is 0.416 e. The smallest absolute Gasteiger partial charge is 0.363 e.